The Balaban J connectivity index is 1.86. The fourth-order valence-corrected chi connectivity index (χ4v) is 3.62. The Morgan fingerprint density at radius 1 is 0.968 bits per heavy atom. The number of carbonyl (C=O) groups excluding carboxylic acids is 3. The molecule has 1 aromatic heterocycles. The highest BCUT2D eigenvalue weighted by molar-refractivity contribution is 6.51. The molecule has 31 heavy (non-hydrogen) atoms. The van der Waals surface area contributed by atoms with Crippen molar-refractivity contribution in [1.29, 1.82) is 0 Å². The molecule has 1 saturated heterocycles. The molecule has 3 aromatic rings. The molecule has 1 unspecified atom stereocenters. The quantitative estimate of drug-likeness (QED) is 0.386. The van der Waals surface area contributed by atoms with E-state index in [2.05, 4.69) is 10.3 Å². The van der Waals surface area contributed by atoms with Crippen molar-refractivity contribution in [1.82, 2.24) is 4.98 Å². The Labute approximate surface area is 178 Å². The third-order valence-electron chi connectivity index (χ3n) is 4.98. The second kappa shape index (κ2) is 8.23. The van der Waals surface area contributed by atoms with E-state index < -0.39 is 17.7 Å². The number of pyridine rings is 1. The lowest BCUT2D eigenvalue weighted by Crippen LogP contribution is -2.29. The Bertz CT molecular complexity index is 1170. The molecule has 1 aliphatic rings. The first-order chi connectivity index (χ1) is 15.0. The van der Waals surface area contributed by atoms with Crippen LogP contribution in [0.3, 0.4) is 0 Å². The number of hydrogen-bond acceptors (Lipinski definition) is 5. The fourth-order valence-electron chi connectivity index (χ4n) is 3.62. The van der Waals surface area contributed by atoms with E-state index in [1.165, 1.54) is 11.8 Å². The van der Waals surface area contributed by atoms with E-state index in [1.807, 2.05) is 0 Å². The predicted molar refractivity (Wildman–Crippen MR) is 116 cm³/mol. The number of benzene rings is 2. The second-order valence-corrected chi connectivity index (χ2v) is 7.04. The molecule has 0 spiro atoms. The number of amides is 2. The lowest BCUT2D eigenvalue weighted by molar-refractivity contribution is -0.132. The van der Waals surface area contributed by atoms with E-state index in [-0.39, 0.29) is 17.2 Å². The van der Waals surface area contributed by atoms with E-state index >= 15 is 0 Å². The Hall–Kier alpha value is -4.26. The summed E-state index contributed by atoms with van der Waals surface area (Å²) in [5.41, 5.74) is 2.12. The number of nitrogens with zero attached hydrogens (tertiary/aromatic N) is 2. The van der Waals surface area contributed by atoms with Gasteiger partial charge in [-0.05, 0) is 42.0 Å². The van der Waals surface area contributed by atoms with Crippen molar-refractivity contribution in [3.63, 3.8) is 0 Å². The number of ketones is 1. The minimum Gasteiger partial charge on any atom is -0.507 e. The van der Waals surface area contributed by atoms with Crippen LogP contribution in [0.25, 0.3) is 5.76 Å². The van der Waals surface area contributed by atoms with Crippen molar-refractivity contribution in [3.05, 3.63) is 95.8 Å². The van der Waals surface area contributed by atoms with Crippen molar-refractivity contribution in [2.24, 2.45) is 0 Å². The number of nitrogens with one attached hydrogen (secondary N) is 1. The molecule has 1 aliphatic heterocycles. The van der Waals surface area contributed by atoms with Gasteiger partial charge in [-0.2, -0.15) is 0 Å². The number of aromatic nitrogens is 1. The van der Waals surface area contributed by atoms with Crippen molar-refractivity contribution in [3.8, 4) is 0 Å². The van der Waals surface area contributed by atoms with Crippen molar-refractivity contribution in [2.75, 3.05) is 10.2 Å². The molecule has 2 amide bonds. The van der Waals surface area contributed by atoms with Gasteiger partial charge in [0, 0.05) is 36.3 Å². The number of Topliss-reactive ketones (excluding diaryl/α,β-unsaturated/α-hetero) is 1. The minimum absolute atomic E-state index is 0.00772. The van der Waals surface area contributed by atoms with Crippen LogP contribution >= 0.6 is 0 Å². The summed E-state index contributed by atoms with van der Waals surface area (Å²) in [5.74, 6) is -1.97. The van der Waals surface area contributed by atoms with E-state index in [9.17, 15) is 19.5 Å². The van der Waals surface area contributed by atoms with Crippen LogP contribution < -0.4 is 10.2 Å². The van der Waals surface area contributed by atoms with Crippen LogP contribution in [0.2, 0.25) is 0 Å². The van der Waals surface area contributed by atoms with Crippen molar-refractivity contribution < 1.29 is 19.5 Å². The number of carbonyl (C=O) groups is 3. The Morgan fingerprint density at radius 3 is 2.23 bits per heavy atom. The van der Waals surface area contributed by atoms with E-state index in [0.29, 0.717) is 22.5 Å². The first kappa shape index (κ1) is 20.0. The molecule has 0 bridgehead atoms. The number of aliphatic hydroxyl groups excluding tert-OH is 1. The lowest BCUT2D eigenvalue weighted by atomic mass is 9.96. The van der Waals surface area contributed by atoms with E-state index in [0.717, 1.165) is 0 Å². The smallest absolute Gasteiger partial charge is 0.300 e. The molecular formula is C24H19N3O4. The summed E-state index contributed by atoms with van der Waals surface area (Å²) < 4.78 is 0. The molecule has 2 aromatic carbocycles. The standard InChI is InChI=1S/C24H19N3O4/c1-15(28)26-18-7-9-19(10-8-18)27-21(16-11-13-25-14-12-16)20(23(30)24(27)31)22(29)17-5-3-2-4-6-17/h2-14,21,29H,1H3,(H,26,28)/b22-20-. The molecule has 154 valence electrons. The third-order valence-corrected chi connectivity index (χ3v) is 4.98. The van der Waals surface area contributed by atoms with Gasteiger partial charge in [-0.25, -0.2) is 0 Å². The summed E-state index contributed by atoms with van der Waals surface area (Å²) in [4.78, 5) is 42.7. The topological polar surface area (TPSA) is 99.6 Å². The Morgan fingerprint density at radius 2 is 1.61 bits per heavy atom. The van der Waals surface area contributed by atoms with Crippen LogP contribution in [-0.4, -0.2) is 27.7 Å². The molecule has 2 N–H and O–H groups in total. The van der Waals surface area contributed by atoms with Crippen LogP contribution in [-0.2, 0) is 14.4 Å². The fraction of sp³-hybridized carbons (Fsp3) is 0.0833. The summed E-state index contributed by atoms with van der Waals surface area (Å²) in [6.45, 7) is 1.40. The predicted octanol–water partition coefficient (Wildman–Crippen LogP) is 3.67. The minimum atomic E-state index is -0.824. The summed E-state index contributed by atoms with van der Waals surface area (Å²) in [6, 6.07) is 17.8. The SMILES string of the molecule is CC(=O)Nc1ccc(N2C(=O)C(=O)/C(=C(\O)c3ccccc3)C2c2ccncc2)cc1. The van der Waals surface area contributed by atoms with Gasteiger partial charge in [0.25, 0.3) is 11.7 Å². The van der Waals surface area contributed by atoms with Crippen LogP contribution in [0.4, 0.5) is 11.4 Å². The average Bonchev–Trinajstić information content (AvgIpc) is 3.05. The van der Waals surface area contributed by atoms with Crippen LogP contribution in [0.5, 0.6) is 0 Å². The summed E-state index contributed by atoms with van der Waals surface area (Å²) in [7, 11) is 0. The molecule has 2 heterocycles. The molecular weight excluding hydrogens is 394 g/mol. The van der Waals surface area contributed by atoms with Gasteiger partial charge in [-0.3, -0.25) is 24.3 Å². The van der Waals surface area contributed by atoms with Gasteiger partial charge < -0.3 is 10.4 Å². The van der Waals surface area contributed by atoms with Gasteiger partial charge >= 0.3 is 0 Å². The van der Waals surface area contributed by atoms with Gasteiger partial charge in [0.15, 0.2) is 0 Å². The second-order valence-electron chi connectivity index (χ2n) is 7.04. The van der Waals surface area contributed by atoms with Gasteiger partial charge in [0.05, 0.1) is 11.6 Å². The van der Waals surface area contributed by atoms with Gasteiger partial charge in [0.2, 0.25) is 5.91 Å². The molecule has 4 rings (SSSR count). The number of rotatable bonds is 4. The monoisotopic (exact) mass is 413 g/mol. The van der Waals surface area contributed by atoms with Gasteiger partial charge in [-0.1, -0.05) is 30.3 Å². The summed E-state index contributed by atoms with van der Waals surface area (Å²) in [5, 5.41) is 13.6. The van der Waals surface area contributed by atoms with Crippen LogP contribution in [0, 0.1) is 0 Å². The number of hydrogen-bond donors (Lipinski definition) is 2. The van der Waals surface area contributed by atoms with E-state index in [1.54, 1.807) is 79.1 Å². The highest BCUT2D eigenvalue weighted by Crippen LogP contribution is 2.42. The molecule has 7 heteroatoms. The van der Waals surface area contributed by atoms with Gasteiger partial charge in [-0.15, -0.1) is 0 Å². The number of aliphatic hydroxyl groups is 1. The molecule has 7 nitrogen and oxygen atoms in total. The third kappa shape index (κ3) is 3.81. The molecule has 0 aliphatic carbocycles. The first-order valence-electron chi connectivity index (χ1n) is 9.61. The largest absolute Gasteiger partial charge is 0.507 e. The van der Waals surface area contributed by atoms with Crippen LogP contribution in [0.1, 0.15) is 24.1 Å². The molecule has 1 fully saturated rings. The maximum absolute atomic E-state index is 13.0. The summed E-state index contributed by atoms with van der Waals surface area (Å²) in [6.07, 6.45) is 3.13. The Kier molecular flexibility index (Phi) is 5.32. The first-order valence-corrected chi connectivity index (χ1v) is 9.61. The highest BCUT2D eigenvalue weighted by atomic mass is 16.3. The molecule has 1 atom stereocenters. The number of anilines is 2. The zero-order chi connectivity index (χ0) is 22.0. The van der Waals surface area contributed by atoms with E-state index in [4.69, 9.17) is 0 Å². The van der Waals surface area contributed by atoms with Crippen LogP contribution in [0.15, 0.2) is 84.7 Å². The maximum Gasteiger partial charge on any atom is 0.300 e. The van der Waals surface area contributed by atoms with Crippen molar-refractivity contribution in [2.45, 2.75) is 13.0 Å². The lowest BCUT2D eigenvalue weighted by Gasteiger charge is -2.25. The molecule has 0 saturated carbocycles. The molecule has 0 radical (unpaired) electrons. The average molecular weight is 413 g/mol. The maximum atomic E-state index is 13.0. The van der Waals surface area contributed by atoms with Gasteiger partial charge in [0.1, 0.15) is 5.76 Å². The summed E-state index contributed by atoms with van der Waals surface area (Å²) >= 11 is 0. The van der Waals surface area contributed by atoms with Crippen molar-refractivity contribution >= 4 is 34.7 Å². The normalized spacial score (nSPS) is 17.6. The highest BCUT2D eigenvalue weighted by Gasteiger charge is 2.46. The zero-order valence-electron chi connectivity index (χ0n) is 16.6. The zero-order valence-corrected chi connectivity index (χ0v) is 16.6.